The second-order valence-corrected chi connectivity index (χ2v) is 6.73. The Morgan fingerprint density at radius 3 is 2.68 bits per heavy atom. The Kier molecular flexibility index (Phi) is 3.82. The Morgan fingerprint density at radius 1 is 1.41 bits per heavy atom. The molecule has 1 saturated carbocycles. The van der Waals surface area contributed by atoms with Gasteiger partial charge in [0.15, 0.2) is 5.17 Å². The van der Waals surface area contributed by atoms with Gasteiger partial charge in [-0.05, 0) is 42.9 Å². The molecule has 0 aromatic heterocycles. The van der Waals surface area contributed by atoms with E-state index in [0.29, 0.717) is 16.8 Å². The number of aliphatic imine (C=N–C) groups is 1. The van der Waals surface area contributed by atoms with Crippen molar-refractivity contribution in [3.05, 3.63) is 29.3 Å². The highest BCUT2D eigenvalue weighted by Crippen LogP contribution is 2.42. The number of amides is 2. The van der Waals surface area contributed by atoms with Crippen LogP contribution < -0.4 is 10.6 Å². The van der Waals surface area contributed by atoms with E-state index in [-0.39, 0.29) is 6.54 Å². The first-order valence-electron chi connectivity index (χ1n) is 7.11. The minimum Gasteiger partial charge on any atom is -0.480 e. The Labute approximate surface area is 132 Å². The zero-order chi connectivity index (χ0) is 15.9. The number of rotatable bonds is 3. The van der Waals surface area contributed by atoms with E-state index in [2.05, 4.69) is 11.1 Å². The lowest BCUT2D eigenvalue weighted by molar-refractivity contribution is -0.136. The number of hydrogen-bond donors (Lipinski definition) is 2. The fraction of sp³-hybridized carbons (Fsp3) is 0.400. The second-order valence-electron chi connectivity index (χ2n) is 5.56. The Balaban J connectivity index is 1.93. The van der Waals surface area contributed by atoms with Crippen molar-refractivity contribution in [2.45, 2.75) is 30.9 Å². The maximum absolute atomic E-state index is 11.9. The van der Waals surface area contributed by atoms with Crippen molar-refractivity contribution < 1.29 is 14.7 Å². The molecule has 2 amide bonds. The molecule has 3 N–H and O–H groups in total. The first-order valence-corrected chi connectivity index (χ1v) is 7.99. The van der Waals surface area contributed by atoms with Gasteiger partial charge in [-0.15, -0.1) is 0 Å². The summed E-state index contributed by atoms with van der Waals surface area (Å²) in [5, 5.41) is 8.77. The van der Waals surface area contributed by atoms with Crippen LogP contribution in [0.4, 0.5) is 10.5 Å². The normalized spacial score (nSPS) is 20.6. The summed E-state index contributed by atoms with van der Waals surface area (Å²) in [6.07, 6.45) is 2.33. The molecule has 116 valence electrons. The van der Waals surface area contributed by atoms with Gasteiger partial charge in [-0.2, -0.15) is 0 Å². The van der Waals surface area contributed by atoms with Gasteiger partial charge in [0.1, 0.15) is 5.25 Å². The van der Waals surface area contributed by atoms with Gasteiger partial charge < -0.3 is 10.8 Å². The third-order valence-corrected chi connectivity index (χ3v) is 5.01. The zero-order valence-corrected chi connectivity index (χ0v) is 13.0. The van der Waals surface area contributed by atoms with Crippen molar-refractivity contribution >= 4 is 34.6 Å². The van der Waals surface area contributed by atoms with E-state index >= 15 is 0 Å². The lowest BCUT2D eigenvalue weighted by Crippen LogP contribution is -2.39. The van der Waals surface area contributed by atoms with Gasteiger partial charge >= 0.3 is 12.0 Å². The number of anilines is 1. The lowest BCUT2D eigenvalue weighted by atomic mass is 10.1. The van der Waals surface area contributed by atoms with Gasteiger partial charge in [-0.3, -0.25) is 9.79 Å². The number of carboxylic acid groups (broad SMARTS) is 1. The van der Waals surface area contributed by atoms with Gasteiger partial charge in [0.2, 0.25) is 0 Å². The number of carbonyl (C=O) groups excluding carboxylic acids is 1. The number of primary amides is 1. The summed E-state index contributed by atoms with van der Waals surface area (Å²) in [5.74, 6) is -0.379. The van der Waals surface area contributed by atoms with E-state index in [4.69, 9.17) is 10.8 Å². The highest BCUT2D eigenvalue weighted by atomic mass is 32.2. The molecule has 3 rings (SSSR count). The zero-order valence-electron chi connectivity index (χ0n) is 12.2. The molecular weight excluding hydrogens is 302 g/mol. The molecule has 2 aliphatic rings. The van der Waals surface area contributed by atoms with Crippen molar-refractivity contribution in [3.8, 4) is 0 Å². The molecule has 1 unspecified atom stereocenters. The molecular formula is C15H17N3O3S. The summed E-state index contributed by atoms with van der Waals surface area (Å²) >= 11 is 1.06. The molecule has 6 nitrogen and oxygen atoms in total. The number of benzene rings is 1. The van der Waals surface area contributed by atoms with Crippen molar-refractivity contribution in [1.29, 1.82) is 0 Å². The second kappa shape index (κ2) is 5.64. The highest BCUT2D eigenvalue weighted by molar-refractivity contribution is 8.15. The number of aliphatic carboxylic acids is 1. The molecule has 0 bridgehead atoms. The largest absolute Gasteiger partial charge is 0.480 e. The van der Waals surface area contributed by atoms with E-state index in [1.165, 1.54) is 10.5 Å². The SMILES string of the molecule is Cc1ccc(C2CC2)cc1N(C(N)=O)C1=NCC(C(=O)O)S1. The average molecular weight is 319 g/mol. The number of aryl methyl sites for hydroxylation is 1. The quantitative estimate of drug-likeness (QED) is 0.893. The van der Waals surface area contributed by atoms with Gasteiger partial charge in [0, 0.05) is 0 Å². The van der Waals surface area contributed by atoms with Crippen molar-refractivity contribution in [2.75, 3.05) is 11.4 Å². The summed E-state index contributed by atoms with van der Waals surface area (Å²) in [7, 11) is 0. The van der Waals surface area contributed by atoms with E-state index in [1.807, 2.05) is 19.1 Å². The van der Waals surface area contributed by atoms with Crippen LogP contribution in [-0.2, 0) is 4.79 Å². The summed E-state index contributed by atoms with van der Waals surface area (Å²) in [6, 6.07) is 5.36. The summed E-state index contributed by atoms with van der Waals surface area (Å²) in [4.78, 5) is 28.5. The number of nitrogens with zero attached hydrogens (tertiary/aromatic N) is 2. The van der Waals surface area contributed by atoms with E-state index in [9.17, 15) is 9.59 Å². The van der Waals surface area contributed by atoms with Crippen LogP contribution >= 0.6 is 11.8 Å². The van der Waals surface area contributed by atoms with Crippen LogP contribution in [0.3, 0.4) is 0 Å². The number of nitrogens with two attached hydrogens (primary N) is 1. The monoisotopic (exact) mass is 319 g/mol. The molecule has 1 aliphatic carbocycles. The minimum absolute atomic E-state index is 0.153. The molecule has 1 aromatic carbocycles. The third kappa shape index (κ3) is 2.81. The smallest absolute Gasteiger partial charge is 0.325 e. The third-order valence-electron chi connectivity index (χ3n) is 3.85. The van der Waals surface area contributed by atoms with Crippen LogP contribution in [0, 0.1) is 6.92 Å². The molecule has 7 heteroatoms. The van der Waals surface area contributed by atoms with E-state index in [0.717, 1.165) is 30.2 Å². The lowest BCUT2D eigenvalue weighted by Gasteiger charge is -2.22. The van der Waals surface area contributed by atoms with Gasteiger partial charge in [0.25, 0.3) is 0 Å². The van der Waals surface area contributed by atoms with Crippen LogP contribution in [0.2, 0.25) is 0 Å². The summed E-state index contributed by atoms with van der Waals surface area (Å²) < 4.78 is 0. The number of hydrogen-bond acceptors (Lipinski definition) is 4. The molecule has 1 atom stereocenters. The van der Waals surface area contributed by atoms with Gasteiger partial charge in [-0.1, -0.05) is 23.9 Å². The molecule has 22 heavy (non-hydrogen) atoms. The number of amidine groups is 1. The summed E-state index contributed by atoms with van der Waals surface area (Å²) in [5.41, 5.74) is 8.31. The molecule has 0 saturated heterocycles. The summed E-state index contributed by atoms with van der Waals surface area (Å²) in [6.45, 7) is 2.05. The van der Waals surface area contributed by atoms with Crippen LogP contribution in [0.1, 0.15) is 29.9 Å². The fourth-order valence-corrected chi connectivity index (χ4v) is 3.42. The maximum atomic E-state index is 11.9. The predicted octanol–water partition coefficient (Wildman–Crippen LogP) is 2.31. The number of thioether (sulfide) groups is 1. The van der Waals surface area contributed by atoms with E-state index in [1.54, 1.807) is 0 Å². The molecule has 1 fully saturated rings. The molecule has 0 radical (unpaired) electrons. The van der Waals surface area contributed by atoms with Crippen LogP contribution in [0.5, 0.6) is 0 Å². The molecule has 0 spiro atoms. The number of carbonyl (C=O) groups is 2. The minimum atomic E-state index is -0.934. The average Bonchev–Trinajstić information content (AvgIpc) is 3.19. The van der Waals surface area contributed by atoms with Crippen molar-refractivity contribution in [2.24, 2.45) is 10.7 Å². The van der Waals surface area contributed by atoms with Crippen LogP contribution in [0.25, 0.3) is 0 Å². The topological polar surface area (TPSA) is 96.0 Å². The van der Waals surface area contributed by atoms with Crippen molar-refractivity contribution in [3.63, 3.8) is 0 Å². The van der Waals surface area contributed by atoms with Crippen molar-refractivity contribution in [1.82, 2.24) is 0 Å². The number of carboxylic acids is 1. The fourth-order valence-electron chi connectivity index (χ4n) is 2.47. The van der Waals surface area contributed by atoms with Crippen LogP contribution in [-0.4, -0.2) is 34.1 Å². The predicted molar refractivity (Wildman–Crippen MR) is 86.5 cm³/mol. The first kappa shape index (κ1) is 14.9. The van der Waals surface area contributed by atoms with E-state index < -0.39 is 17.3 Å². The molecule has 1 aliphatic heterocycles. The van der Waals surface area contributed by atoms with Crippen LogP contribution in [0.15, 0.2) is 23.2 Å². The Morgan fingerprint density at radius 2 is 2.14 bits per heavy atom. The van der Waals surface area contributed by atoms with Gasteiger partial charge in [0.05, 0.1) is 12.2 Å². The first-order chi connectivity index (χ1) is 10.5. The Bertz CT molecular complexity index is 670. The molecule has 1 heterocycles. The molecule has 1 aromatic rings. The number of urea groups is 1. The highest BCUT2D eigenvalue weighted by Gasteiger charge is 2.33. The maximum Gasteiger partial charge on any atom is 0.325 e. The Hall–Kier alpha value is -2.02. The van der Waals surface area contributed by atoms with Gasteiger partial charge in [-0.25, -0.2) is 9.69 Å². The standard InChI is InChI=1S/C15H17N3O3S/c1-8-2-3-10(9-4-5-9)6-11(8)18(14(16)21)15-17-7-12(22-15)13(19)20/h2-3,6,9,12H,4-5,7H2,1H3,(H2,16,21)(H,19,20).